The summed E-state index contributed by atoms with van der Waals surface area (Å²) in [6.45, 7) is 6.05. The lowest BCUT2D eigenvalue weighted by molar-refractivity contribution is -0.0462. The highest BCUT2D eigenvalue weighted by molar-refractivity contribution is 9.10. The van der Waals surface area contributed by atoms with Crippen molar-refractivity contribution in [1.29, 1.82) is 0 Å². The van der Waals surface area contributed by atoms with Crippen LogP contribution in [0, 0.1) is 0 Å². The number of morpholine rings is 1. The first-order valence-corrected chi connectivity index (χ1v) is 7.91. The van der Waals surface area contributed by atoms with E-state index in [1.807, 2.05) is 6.20 Å². The molecule has 1 aromatic heterocycles. The Balaban J connectivity index is 1.97. The Kier molecular flexibility index (Phi) is 6.38. The third-order valence-electron chi connectivity index (χ3n) is 3.60. The summed E-state index contributed by atoms with van der Waals surface area (Å²) in [5.41, 5.74) is 4.06. The van der Waals surface area contributed by atoms with E-state index >= 15 is 0 Å². The number of hydrogen-bond donors (Lipinski definition) is 2. The minimum atomic E-state index is 0.103. The quantitative estimate of drug-likeness (QED) is 0.603. The van der Waals surface area contributed by atoms with Gasteiger partial charge in [0.2, 0.25) is 0 Å². The Labute approximate surface area is 129 Å². The van der Waals surface area contributed by atoms with E-state index in [1.54, 1.807) is 6.20 Å². The van der Waals surface area contributed by atoms with Crippen molar-refractivity contribution in [2.24, 2.45) is 5.84 Å². The predicted octanol–water partition coefficient (Wildman–Crippen LogP) is 1.33. The van der Waals surface area contributed by atoms with E-state index in [-0.39, 0.29) is 12.1 Å². The number of halogens is 1. The zero-order valence-corrected chi connectivity index (χ0v) is 13.5. The van der Waals surface area contributed by atoms with Gasteiger partial charge in [-0.05, 0) is 46.9 Å². The van der Waals surface area contributed by atoms with Crippen molar-refractivity contribution in [3.63, 3.8) is 0 Å². The van der Waals surface area contributed by atoms with Crippen LogP contribution in [0.1, 0.15) is 18.9 Å². The van der Waals surface area contributed by atoms with Gasteiger partial charge in [0.1, 0.15) is 0 Å². The largest absolute Gasteiger partial charge is 0.374 e. The van der Waals surface area contributed by atoms with Gasteiger partial charge in [-0.15, -0.1) is 0 Å². The highest BCUT2D eigenvalue weighted by Crippen LogP contribution is 2.15. The molecular formula is C14H23BrN4O. The number of rotatable bonds is 6. The van der Waals surface area contributed by atoms with Gasteiger partial charge in [-0.1, -0.05) is 6.92 Å². The molecule has 1 saturated heterocycles. The first kappa shape index (κ1) is 15.9. The molecule has 0 amide bonds. The standard InChI is InChI=1S/C14H23BrN4O/c1-2-3-19-4-5-20-14(10-19)13(18-16)7-11-6-12(15)9-17-8-11/h6,8-9,13-14,18H,2-5,7,10,16H2,1H3. The summed E-state index contributed by atoms with van der Waals surface area (Å²) in [5, 5.41) is 0. The van der Waals surface area contributed by atoms with E-state index < -0.39 is 0 Å². The minimum Gasteiger partial charge on any atom is -0.374 e. The Morgan fingerprint density at radius 3 is 3.15 bits per heavy atom. The van der Waals surface area contributed by atoms with Crippen LogP contribution in [0.15, 0.2) is 22.9 Å². The number of aromatic nitrogens is 1. The van der Waals surface area contributed by atoms with Gasteiger partial charge in [0.15, 0.2) is 0 Å². The van der Waals surface area contributed by atoms with Gasteiger partial charge in [-0.3, -0.25) is 21.2 Å². The number of hydrazine groups is 1. The number of nitrogens with zero attached hydrogens (tertiary/aromatic N) is 2. The molecule has 1 aliphatic rings. The van der Waals surface area contributed by atoms with Gasteiger partial charge in [0, 0.05) is 30.0 Å². The van der Waals surface area contributed by atoms with Crippen molar-refractivity contribution in [2.75, 3.05) is 26.2 Å². The summed E-state index contributed by atoms with van der Waals surface area (Å²) in [5.74, 6) is 5.73. The van der Waals surface area contributed by atoms with Gasteiger partial charge in [-0.2, -0.15) is 0 Å². The lowest BCUT2D eigenvalue weighted by Gasteiger charge is -2.36. The number of ether oxygens (including phenoxy) is 1. The third kappa shape index (κ3) is 4.49. The summed E-state index contributed by atoms with van der Waals surface area (Å²) < 4.78 is 6.88. The first-order chi connectivity index (χ1) is 9.72. The van der Waals surface area contributed by atoms with Crippen molar-refractivity contribution in [3.05, 3.63) is 28.5 Å². The van der Waals surface area contributed by atoms with Crippen LogP contribution in [0.5, 0.6) is 0 Å². The number of nitrogens with two attached hydrogens (primary N) is 1. The van der Waals surface area contributed by atoms with Gasteiger partial charge < -0.3 is 4.74 Å². The molecule has 0 saturated carbocycles. The molecule has 1 fully saturated rings. The maximum Gasteiger partial charge on any atom is 0.0871 e. The molecule has 0 radical (unpaired) electrons. The monoisotopic (exact) mass is 342 g/mol. The van der Waals surface area contributed by atoms with Gasteiger partial charge >= 0.3 is 0 Å². The molecule has 6 heteroatoms. The molecule has 1 aromatic rings. The van der Waals surface area contributed by atoms with Gasteiger partial charge in [0.05, 0.1) is 18.8 Å². The second kappa shape index (κ2) is 8.05. The van der Waals surface area contributed by atoms with Crippen molar-refractivity contribution in [3.8, 4) is 0 Å². The summed E-state index contributed by atoms with van der Waals surface area (Å²) in [7, 11) is 0. The van der Waals surface area contributed by atoms with Crippen LogP contribution in [0.25, 0.3) is 0 Å². The lowest BCUT2D eigenvalue weighted by Crippen LogP contribution is -2.54. The summed E-state index contributed by atoms with van der Waals surface area (Å²) in [6.07, 6.45) is 5.77. The summed E-state index contributed by atoms with van der Waals surface area (Å²) >= 11 is 3.45. The number of nitrogens with one attached hydrogen (secondary N) is 1. The molecule has 2 atom stereocenters. The van der Waals surface area contributed by atoms with Crippen LogP contribution < -0.4 is 11.3 Å². The Morgan fingerprint density at radius 1 is 1.60 bits per heavy atom. The predicted molar refractivity (Wildman–Crippen MR) is 83.2 cm³/mol. The van der Waals surface area contributed by atoms with Crippen LogP contribution >= 0.6 is 15.9 Å². The topological polar surface area (TPSA) is 63.4 Å². The molecule has 2 unspecified atom stereocenters. The average Bonchev–Trinajstić information content (AvgIpc) is 2.45. The van der Waals surface area contributed by atoms with Crippen molar-refractivity contribution in [2.45, 2.75) is 31.9 Å². The SMILES string of the molecule is CCCN1CCOC(C(Cc2cncc(Br)c2)NN)C1. The molecule has 2 heterocycles. The van der Waals surface area contributed by atoms with Crippen LogP contribution in [0.4, 0.5) is 0 Å². The second-order valence-electron chi connectivity index (χ2n) is 5.20. The van der Waals surface area contributed by atoms with Crippen LogP contribution in [-0.4, -0.2) is 48.3 Å². The van der Waals surface area contributed by atoms with Gasteiger partial charge in [-0.25, -0.2) is 0 Å². The molecule has 0 spiro atoms. The van der Waals surface area contributed by atoms with E-state index in [0.29, 0.717) is 0 Å². The smallest absolute Gasteiger partial charge is 0.0871 e. The molecule has 0 bridgehead atoms. The van der Waals surface area contributed by atoms with Crippen LogP contribution in [0.2, 0.25) is 0 Å². The molecule has 20 heavy (non-hydrogen) atoms. The molecule has 5 nitrogen and oxygen atoms in total. The maximum absolute atomic E-state index is 5.89. The molecule has 0 aromatic carbocycles. The molecule has 3 N–H and O–H groups in total. The second-order valence-corrected chi connectivity index (χ2v) is 6.11. The van der Waals surface area contributed by atoms with Crippen molar-refractivity contribution < 1.29 is 4.74 Å². The first-order valence-electron chi connectivity index (χ1n) is 7.12. The van der Waals surface area contributed by atoms with Crippen LogP contribution in [0.3, 0.4) is 0 Å². The van der Waals surface area contributed by atoms with E-state index in [1.165, 1.54) is 6.42 Å². The minimum absolute atomic E-state index is 0.103. The zero-order chi connectivity index (χ0) is 14.4. The summed E-state index contributed by atoms with van der Waals surface area (Å²) in [4.78, 5) is 6.64. The fourth-order valence-corrected chi connectivity index (χ4v) is 3.03. The lowest BCUT2D eigenvalue weighted by atomic mass is 10.0. The summed E-state index contributed by atoms with van der Waals surface area (Å²) in [6, 6.07) is 2.18. The van der Waals surface area contributed by atoms with Gasteiger partial charge in [0.25, 0.3) is 0 Å². The van der Waals surface area contributed by atoms with E-state index in [2.05, 4.69) is 44.2 Å². The Hall–Kier alpha value is -0.530. The highest BCUT2D eigenvalue weighted by Gasteiger charge is 2.27. The fourth-order valence-electron chi connectivity index (χ4n) is 2.61. The zero-order valence-electron chi connectivity index (χ0n) is 11.9. The highest BCUT2D eigenvalue weighted by atomic mass is 79.9. The molecule has 0 aliphatic carbocycles. The fraction of sp³-hybridized carbons (Fsp3) is 0.643. The van der Waals surface area contributed by atoms with Crippen molar-refractivity contribution in [1.82, 2.24) is 15.3 Å². The Morgan fingerprint density at radius 2 is 2.45 bits per heavy atom. The normalized spacial score (nSPS) is 21.9. The number of hydrogen-bond acceptors (Lipinski definition) is 5. The molecule has 112 valence electrons. The average molecular weight is 343 g/mol. The van der Waals surface area contributed by atoms with E-state index in [0.717, 1.165) is 42.7 Å². The molecule has 1 aliphatic heterocycles. The van der Waals surface area contributed by atoms with Crippen LogP contribution in [-0.2, 0) is 11.2 Å². The third-order valence-corrected chi connectivity index (χ3v) is 4.03. The maximum atomic E-state index is 5.89. The van der Waals surface area contributed by atoms with E-state index in [4.69, 9.17) is 10.6 Å². The Bertz CT molecular complexity index is 416. The molecular weight excluding hydrogens is 320 g/mol. The van der Waals surface area contributed by atoms with Crippen molar-refractivity contribution >= 4 is 15.9 Å². The van der Waals surface area contributed by atoms with E-state index in [9.17, 15) is 0 Å². The molecule has 2 rings (SSSR count). The number of pyridine rings is 1.